The van der Waals surface area contributed by atoms with Crippen molar-refractivity contribution in [2.75, 3.05) is 0 Å². The highest BCUT2D eigenvalue weighted by Crippen LogP contribution is 2.39. The van der Waals surface area contributed by atoms with E-state index in [-0.39, 0.29) is 0 Å². The van der Waals surface area contributed by atoms with Gasteiger partial charge in [0.15, 0.2) is 0 Å². The van der Waals surface area contributed by atoms with Crippen molar-refractivity contribution in [2.24, 2.45) is 0 Å². The van der Waals surface area contributed by atoms with Gasteiger partial charge in [-0.05, 0) is 49.5 Å². The van der Waals surface area contributed by atoms with Crippen molar-refractivity contribution in [3.8, 4) is 11.1 Å². The normalized spacial score (nSPS) is 10.6. The highest BCUT2D eigenvalue weighted by atomic mass is 16.4. The first-order valence-corrected chi connectivity index (χ1v) is 8.94. The van der Waals surface area contributed by atoms with Gasteiger partial charge < -0.3 is 10.0 Å². The van der Waals surface area contributed by atoms with Crippen molar-refractivity contribution >= 4 is 40.0 Å². The van der Waals surface area contributed by atoms with E-state index in [9.17, 15) is 0 Å². The van der Waals surface area contributed by atoms with Crippen LogP contribution < -0.4 is 0 Å². The van der Waals surface area contributed by atoms with Crippen LogP contribution in [0.2, 0.25) is 0 Å². The van der Waals surface area contributed by atoms with Crippen LogP contribution in [0.5, 0.6) is 0 Å². The number of rotatable bonds is 1. The smallest absolute Gasteiger partial charge is 0.430 e. The minimum atomic E-state index is -0.750. The van der Waals surface area contributed by atoms with E-state index in [1.54, 1.807) is 0 Å². The molecule has 0 saturated heterocycles. The fraction of sp³-hybridized carbons (Fsp3) is 0. The predicted molar refractivity (Wildman–Crippen MR) is 116 cm³/mol. The van der Waals surface area contributed by atoms with Gasteiger partial charge in [-0.15, -0.1) is 0 Å². The summed E-state index contributed by atoms with van der Waals surface area (Å²) in [6.07, 6.45) is 0. The molecule has 0 aliphatic heterocycles. The topological polar surface area (TPSA) is 40.5 Å². The van der Waals surface area contributed by atoms with E-state index >= 15 is 0 Å². The van der Waals surface area contributed by atoms with Crippen molar-refractivity contribution in [2.45, 2.75) is 0 Å². The molecule has 5 aromatic rings. The van der Waals surface area contributed by atoms with Gasteiger partial charge >= 0.3 is 7.69 Å². The van der Waals surface area contributed by atoms with Crippen LogP contribution in [-0.4, -0.2) is 17.7 Å². The van der Waals surface area contributed by atoms with E-state index in [1.165, 1.54) is 43.4 Å². The molecule has 0 heterocycles. The zero-order valence-corrected chi connectivity index (χ0v) is 14.8. The predicted octanol–water partition coefficient (Wildman–Crippen LogP) is 5.05. The second-order valence-corrected chi connectivity index (χ2v) is 6.36. The summed E-state index contributed by atoms with van der Waals surface area (Å²) >= 11 is 0. The Labute approximate surface area is 158 Å². The van der Waals surface area contributed by atoms with Gasteiger partial charge in [-0.1, -0.05) is 91.0 Å². The Kier molecular flexibility index (Phi) is 4.88. The Bertz CT molecular complexity index is 1170. The van der Waals surface area contributed by atoms with Gasteiger partial charge in [0.2, 0.25) is 0 Å². The minimum Gasteiger partial charge on any atom is -0.430 e. The van der Waals surface area contributed by atoms with Crippen molar-refractivity contribution < 1.29 is 10.0 Å². The first kappa shape index (κ1) is 17.3. The third-order valence-corrected chi connectivity index (χ3v) is 4.83. The molecule has 0 fully saturated rings. The first-order valence-electron chi connectivity index (χ1n) is 8.94. The molecule has 130 valence electrons. The van der Waals surface area contributed by atoms with Crippen LogP contribution in [-0.2, 0) is 0 Å². The van der Waals surface area contributed by atoms with Crippen LogP contribution in [0.25, 0.3) is 43.4 Å². The SMILES string of the molecule is OBO.c1ccc2c(-c3c4ccccc4cc4ccccc34)cccc2c1. The standard InChI is InChI=1S/C24H16.BH3O2/c1-4-12-20-17(8-1)11-7-15-23(20)24-21-13-5-2-9-18(21)16-19-10-3-6-14-22(19)24;2-1-3/h1-16H;1-3H. The van der Waals surface area contributed by atoms with Crippen LogP contribution in [0.3, 0.4) is 0 Å². The Morgan fingerprint density at radius 3 is 1.52 bits per heavy atom. The largest absolute Gasteiger partial charge is 0.432 e. The average Bonchev–Trinajstić information content (AvgIpc) is 2.72. The highest BCUT2D eigenvalue weighted by Gasteiger charge is 2.11. The van der Waals surface area contributed by atoms with Crippen LogP contribution in [0.4, 0.5) is 0 Å². The Morgan fingerprint density at radius 2 is 0.926 bits per heavy atom. The molecule has 0 spiro atoms. The quantitative estimate of drug-likeness (QED) is 0.328. The highest BCUT2D eigenvalue weighted by molar-refractivity contribution is 6.16. The van der Waals surface area contributed by atoms with Gasteiger partial charge in [-0.3, -0.25) is 0 Å². The molecule has 0 aromatic heterocycles. The van der Waals surface area contributed by atoms with Gasteiger partial charge in [0.1, 0.15) is 0 Å². The van der Waals surface area contributed by atoms with Crippen LogP contribution in [0, 0.1) is 0 Å². The Hall–Kier alpha value is -3.14. The van der Waals surface area contributed by atoms with E-state index in [2.05, 4.69) is 97.1 Å². The number of hydrogen-bond acceptors (Lipinski definition) is 2. The van der Waals surface area contributed by atoms with Crippen LogP contribution in [0.15, 0.2) is 97.1 Å². The van der Waals surface area contributed by atoms with Gasteiger partial charge in [0.25, 0.3) is 0 Å². The lowest BCUT2D eigenvalue weighted by molar-refractivity contribution is 0.448. The van der Waals surface area contributed by atoms with Crippen molar-refractivity contribution in [1.29, 1.82) is 0 Å². The molecule has 0 radical (unpaired) electrons. The van der Waals surface area contributed by atoms with E-state index < -0.39 is 7.69 Å². The van der Waals surface area contributed by atoms with Gasteiger partial charge in [-0.25, -0.2) is 0 Å². The first-order chi connectivity index (χ1) is 13.3. The molecule has 5 rings (SSSR count). The lowest BCUT2D eigenvalue weighted by atomic mass is 9.89. The molecule has 0 amide bonds. The lowest BCUT2D eigenvalue weighted by Crippen LogP contribution is -1.87. The summed E-state index contributed by atoms with van der Waals surface area (Å²) in [5.74, 6) is 0. The van der Waals surface area contributed by atoms with E-state index in [0.717, 1.165) is 0 Å². The Morgan fingerprint density at radius 1 is 0.481 bits per heavy atom. The van der Waals surface area contributed by atoms with Crippen molar-refractivity contribution in [3.05, 3.63) is 97.1 Å². The molecule has 3 heteroatoms. The zero-order chi connectivity index (χ0) is 18.6. The van der Waals surface area contributed by atoms with E-state index in [1.807, 2.05) is 0 Å². The molecule has 0 saturated carbocycles. The molecule has 0 aliphatic rings. The second-order valence-electron chi connectivity index (χ2n) is 6.36. The monoisotopic (exact) mass is 350 g/mol. The summed E-state index contributed by atoms with van der Waals surface area (Å²) in [6.45, 7) is 0. The summed E-state index contributed by atoms with van der Waals surface area (Å²) in [7, 11) is -0.750. The number of fused-ring (bicyclic) bond motifs is 3. The second kappa shape index (κ2) is 7.62. The van der Waals surface area contributed by atoms with Crippen molar-refractivity contribution in [3.63, 3.8) is 0 Å². The summed E-state index contributed by atoms with van der Waals surface area (Å²) in [5, 5.41) is 22.0. The fourth-order valence-electron chi connectivity index (χ4n) is 3.75. The van der Waals surface area contributed by atoms with Gasteiger partial charge in [-0.2, -0.15) is 0 Å². The Balaban J connectivity index is 0.000000565. The van der Waals surface area contributed by atoms with E-state index in [4.69, 9.17) is 10.0 Å². The zero-order valence-electron chi connectivity index (χ0n) is 14.8. The maximum absolute atomic E-state index is 7.12. The summed E-state index contributed by atoms with van der Waals surface area (Å²) in [6, 6.07) is 34.9. The lowest BCUT2D eigenvalue weighted by Gasteiger charge is -2.14. The van der Waals surface area contributed by atoms with Gasteiger partial charge in [0, 0.05) is 0 Å². The van der Waals surface area contributed by atoms with E-state index in [0.29, 0.717) is 0 Å². The molecule has 0 unspecified atom stereocenters. The maximum atomic E-state index is 7.12. The number of benzene rings is 5. The molecule has 2 N–H and O–H groups in total. The molecule has 27 heavy (non-hydrogen) atoms. The third kappa shape index (κ3) is 3.19. The fourth-order valence-corrected chi connectivity index (χ4v) is 3.75. The maximum Gasteiger partial charge on any atom is 0.432 e. The molecular formula is C24H19BO2. The molecule has 2 nitrogen and oxygen atoms in total. The molecule has 5 aromatic carbocycles. The minimum absolute atomic E-state index is 0.750. The number of hydrogen-bond donors (Lipinski definition) is 2. The van der Waals surface area contributed by atoms with Crippen molar-refractivity contribution in [1.82, 2.24) is 0 Å². The van der Waals surface area contributed by atoms with Crippen LogP contribution in [0.1, 0.15) is 0 Å². The van der Waals surface area contributed by atoms with Gasteiger partial charge in [0.05, 0.1) is 0 Å². The molecule has 0 bridgehead atoms. The van der Waals surface area contributed by atoms with Crippen LogP contribution >= 0.6 is 0 Å². The molecular weight excluding hydrogens is 331 g/mol. The average molecular weight is 350 g/mol. The summed E-state index contributed by atoms with van der Waals surface area (Å²) < 4.78 is 0. The summed E-state index contributed by atoms with van der Waals surface area (Å²) in [4.78, 5) is 0. The third-order valence-electron chi connectivity index (χ3n) is 4.83. The molecule has 0 aliphatic carbocycles. The molecule has 0 atom stereocenters. The summed E-state index contributed by atoms with van der Waals surface area (Å²) in [5.41, 5.74) is 2.64.